The third-order valence-corrected chi connectivity index (χ3v) is 2.03. The zero-order chi connectivity index (χ0) is 10.4. The number of rotatable bonds is 6. The molecule has 0 fully saturated rings. The minimum atomic E-state index is 0.633. The quantitative estimate of drug-likeness (QED) is 0.707. The van der Waals surface area contributed by atoms with E-state index in [1.54, 1.807) is 0 Å². The maximum atomic E-state index is 5.60. The highest BCUT2D eigenvalue weighted by molar-refractivity contribution is 4.95. The van der Waals surface area contributed by atoms with Crippen molar-refractivity contribution in [2.24, 2.45) is 5.92 Å². The van der Waals surface area contributed by atoms with Crippen LogP contribution in [0.25, 0.3) is 0 Å². The monoisotopic (exact) mass is 196 g/mol. The normalized spacial score (nSPS) is 11.1. The molecular weight excluding hydrogens is 176 g/mol. The van der Waals surface area contributed by atoms with Crippen LogP contribution < -0.4 is 5.32 Å². The van der Waals surface area contributed by atoms with Crippen LogP contribution in [0.4, 0.5) is 0 Å². The maximum absolute atomic E-state index is 5.60. The number of nitrogens with one attached hydrogen (secondary N) is 1. The number of aryl methyl sites for hydroxylation is 1. The van der Waals surface area contributed by atoms with Crippen molar-refractivity contribution in [3.05, 3.63) is 17.8 Å². The second-order valence-corrected chi connectivity index (χ2v) is 4.03. The van der Waals surface area contributed by atoms with Gasteiger partial charge in [-0.05, 0) is 25.9 Å². The fourth-order valence-electron chi connectivity index (χ4n) is 1.38. The number of hydrogen-bond donors (Lipinski definition) is 1. The highest BCUT2D eigenvalue weighted by atomic mass is 16.4. The number of nitrogens with zero attached hydrogens (tertiary/aromatic N) is 1. The van der Waals surface area contributed by atoms with Gasteiger partial charge in [0.25, 0.3) is 0 Å². The van der Waals surface area contributed by atoms with Crippen molar-refractivity contribution in [2.75, 3.05) is 13.6 Å². The number of hydrogen-bond acceptors (Lipinski definition) is 3. The summed E-state index contributed by atoms with van der Waals surface area (Å²) in [4.78, 5) is 4.25. The molecule has 0 saturated heterocycles. The lowest BCUT2D eigenvalue weighted by atomic mass is 10.1. The van der Waals surface area contributed by atoms with E-state index >= 15 is 0 Å². The first kappa shape index (κ1) is 11.2. The van der Waals surface area contributed by atoms with Gasteiger partial charge < -0.3 is 9.73 Å². The van der Waals surface area contributed by atoms with Gasteiger partial charge in [-0.3, -0.25) is 0 Å². The van der Waals surface area contributed by atoms with Crippen LogP contribution in [0.1, 0.15) is 31.9 Å². The molecule has 0 aliphatic carbocycles. The van der Waals surface area contributed by atoms with E-state index in [1.165, 1.54) is 0 Å². The van der Waals surface area contributed by atoms with Crippen LogP contribution in [-0.2, 0) is 12.8 Å². The van der Waals surface area contributed by atoms with Gasteiger partial charge in [-0.2, -0.15) is 0 Å². The van der Waals surface area contributed by atoms with Gasteiger partial charge in [0.1, 0.15) is 5.76 Å². The summed E-state index contributed by atoms with van der Waals surface area (Å²) in [6, 6.07) is 0. The molecule has 1 heterocycles. The van der Waals surface area contributed by atoms with Gasteiger partial charge in [0.2, 0.25) is 0 Å². The van der Waals surface area contributed by atoms with Gasteiger partial charge in [0.05, 0.1) is 6.20 Å². The molecule has 0 saturated carbocycles. The van der Waals surface area contributed by atoms with E-state index in [-0.39, 0.29) is 0 Å². The Morgan fingerprint density at radius 2 is 2.29 bits per heavy atom. The lowest BCUT2D eigenvalue weighted by Crippen LogP contribution is -2.08. The van der Waals surface area contributed by atoms with Crippen LogP contribution in [0, 0.1) is 5.92 Å². The zero-order valence-corrected chi connectivity index (χ0v) is 9.34. The predicted octanol–water partition coefficient (Wildman–Crippen LogP) is 2.03. The van der Waals surface area contributed by atoms with Crippen molar-refractivity contribution < 1.29 is 4.42 Å². The summed E-state index contributed by atoms with van der Waals surface area (Å²) in [7, 11) is 1.96. The molecule has 3 heteroatoms. The Morgan fingerprint density at radius 1 is 1.50 bits per heavy atom. The largest absolute Gasteiger partial charge is 0.446 e. The molecule has 0 aliphatic heterocycles. The molecule has 0 radical (unpaired) electrons. The summed E-state index contributed by atoms with van der Waals surface area (Å²) >= 11 is 0. The Labute approximate surface area is 85.9 Å². The van der Waals surface area contributed by atoms with Crippen molar-refractivity contribution in [3.8, 4) is 0 Å². The van der Waals surface area contributed by atoms with Gasteiger partial charge >= 0.3 is 0 Å². The molecule has 0 spiro atoms. The Balaban J connectivity index is 2.35. The van der Waals surface area contributed by atoms with Gasteiger partial charge in [0.15, 0.2) is 5.89 Å². The van der Waals surface area contributed by atoms with E-state index in [4.69, 9.17) is 4.42 Å². The van der Waals surface area contributed by atoms with Crippen molar-refractivity contribution >= 4 is 0 Å². The highest BCUT2D eigenvalue weighted by Crippen LogP contribution is 2.10. The van der Waals surface area contributed by atoms with E-state index in [0.29, 0.717) is 5.92 Å². The van der Waals surface area contributed by atoms with Crippen LogP contribution in [0.15, 0.2) is 10.6 Å². The van der Waals surface area contributed by atoms with E-state index in [9.17, 15) is 0 Å². The third-order valence-electron chi connectivity index (χ3n) is 2.03. The molecule has 80 valence electrons. The van der Waals surface area contributed by atoms with E-state index < -0.39 is 0 Å². The van der Waals surface area contributed by atoms with Crippen LogP contribution in [-0.4, -0.2) is 18.6 Å². The van der Waals surface area contributed by atoms with Crippen molar-refractivity contribution in [3.63, 3.8) is 0 Å². The van der Waals surface area contributed by atoms with Gasteiger partial charge in [-0.25, -0.2) is 4.98 Å². The Bertz CT molecular complexity index is 256. The van der Waals surface area contributed by atoms with Crippen LogP contribution in [0.5, 0.6) is 0 Å². The van der Waals surface area contributed by atoms with E-state index in [1.807, 2.05) is 13.2 Å². The smallest absolute Gasteiger partial charge is 0.194 e. The molecule has 1 aromatic rings. The Kier molecular flexibility index (Phi) is 4.66. The standard InChI is InChI=1S/C11H20N2O/c1-9(2)7-10-8-13-11(14-10)5-4-6-12-3/h8-9,12H,4-7H2,1-3H3. The first-order valence-electron chi connectivity index (χ1n) is 5.30. The maximum Gasteiger partial charge on any atom is 0.194 e. The summed E-state index contributed by atoms with van der Waals surface area (Å²) in [5, 5.41) is 3.11. The van der Waals surface area contributed by atoms with Gasteiger partial charge in [-0.1, -0.05) is 13.8 Å². The molecule has 0 unspecified atom stereocenters. The van der Waals surface area contributed by atoms with E-state index in [2.05, 4.69) is 24.1 Å². The third kappa shape index (κ3) is 3.92. The Morgan fingerprint density at radius 3 is 2.93 bits per heavy atom. The summed E-state index contributed by atoms with van der Waals surface area (Å²) in [5.41, 5.74) is 0. The average molecular weight is 196 g/mol. The van der Waals surface area contributed by atoms with Crippen molar-refractivity contribution in [2.45, 2.75) is 33.1 Å². The molecule has 0 aromatic carbocycles. The molecular formula is C11H20N2O. The lowest BCUT2D eigenvalue weighted by molar-refractivity contribution is 0.427. The van der Waals surface area contributed by atoms with Crippen LogP contribution >= 0.6 is 0 Å². The van der Waals surface area contributed by atoms with Crippen LogP contribution in [0.2, 0.25) is 0 Å². The fraction of sp³-hybridized carbons (Fsp3) is 0.727. The summed E-state index contributed by atoms with van der Waals surface area (Å²) in [6.45, 7) is 5.38. The lowest BCUT2D eigenvalue weighted by Gasteiger charge is -1.99. The minimum Gasteiger partial charge on any atom is -0.446 e. The number of oxazole rings is 1. The van der Waals surface area contributed by atoms with E-state index in [0.717, 1.165) is 37.5 Å². The van der Waals surface area contributed by atoms with Crippen molar-refractivity contribution in [1.29, 1.82) is 0 Å². The van der Waals surface area contributed by atoms with Gasteiger partial charge in [0, 0.05) is 12.8 Å². The predicted molar refractivity (Wildman–Crippen MR) is 57.3 cm³/mol. The molecule has 14 heavy (non-hydrogen) atoms. The molecule has 0 atom stereocenters. The molecule has 0 amide bonds. The molecule has 0 bridgehead atoms. The minimum absolute atomic E-state index is 0.633. The zero-order valence-electron chi connectivity index (χ0n) is 9.34. The average Bonchev–Trinajstić information content (AvgIpc) is 2.52. The first-order chi connectivity index (χ1) is 6.72. The summed E-state index contributed by atoms with van der Waals surface area (Å²) in [6.07, 6.45) is 4.85. The van der Waals surface area contributed by atoms with Crippen LogP contribution in [0.3, 0.4) is 0 Å². The molecule has 1 aromatic heterocycles. The van der Waals surface area contributed by atoms with Gasteiger partial charge in [-0.15, -0.1) is 0 Å². The first-order valence-corrected chi connectivity index (χ1v) is 5.30. The second kappa shape index (κ2) is 5.81. The molecule has 3 nitrogen and oxygen atoms in total. The topological polar surface area (TPSA) is 38.1 Å². The summed E-state index contributed by atoms with van der Waals surface area (Å²) < 4.78 is 5.60. The number of aromatic nitrogens is 1. The molecule has 1 N–H and O–H groups in total. The molecule has 1 rings (SSSR count). The van der Waals surface area contributed by atoms with Crippen molar-refractivity contribution in [1.82, 2.24) is 10.3 Å². The second-order valence-electron chi connectivity index (χ2n) is 4.03. The summed E-state index contributed by atoms with van der Waals surface area (Å²) in [5.74, 6) is 2.52. The highest BCUT2D eigenvalue weighted by Gasteiger charge is 2.05. The fourth-order valence-corrected chi connectivity index (χ4v) is 1.38. The SMILES string of the molecule is CNCCCc1ncc(CC(C)C)o1. The molecule has 0 aliphatic rings. The Hall–Kier alpha value is -0.830.